The highest BCUT2D eigenvalue weighted by molar-refractivity contribution is 5.69. The summed E-state index contributed by atoms with van der Waals surface area (Å²) in [5.74, 6) is 0.00553. The molecule has 216 valence electrons. The molecule has 0 saturated heterocycles. The minimum absolute atomic E-state index is 0.00553. The van der Waals surface area contributed by atoms with E-state index >= 15 is 0 Å². The summed E-state index contributed by atoms with van der Waals surface area (Å²) in [7, 11) is 0. The highest BCUT2D eigenvalue weighted by Gasteiger charge is 2.07. The molecule has 0 aliphatic rings. The van der Waals surface area contributed by atoms with Crippen LogP contribution in [-0.2, 0) is 9.53 Å². The smallest absolute Gasteiger partial charge is 0.305 e. The Labute approximate surface area is 227 Å². The van der Waals surface area contributed by atoms with E-state index in [2.05, 4.69) is 25.7 Å². The lowest BCUT2D eigenvalue weighted by Gasteiger charge is -2.22. The second-order valence-corrected chi connectivity index (χ2v) is 11.2. The van der Waals surface area contributed by atoms with E-state index in [1.165, 1.54) is 148 Å². The lowest BCUT2D eigenvalue weighted by molar-refractivity contribution is -0.144. The van der Waals surface area contributed by atoms with Gasteiger partial charge in [0.15, 0.2) is 0 Å². The maximum absolute atomic E-state index is 12.0. The van der Waals surface area contributed by atoms with Gasteiger partial charge in [0.1, 0.15) is 6.61 Å². The summed E-state index contributed by atoms with van der Waals surface area (Å²) in [6.07, 6.45) is 33.0. The summed E-state index contributed by atoms with van der Waals surface area (Å²) in [5, 5.41) is 0. The largest absolute Gasteiger partial charge is 0.464 e. The molecule has 0 heterocycles. The van der Waals surface area contributed by atoms with Crippen molar-refractivity contribution in [3.63, 3.8) is 0 Å². The lowest BCUT2D eigenvalue weighted by Crippen LogP contribution is -2.30. The van der Waals surface area contributed by atoms with Crippen molar-refractivity contribution in [3.8, 4) is 0 Å². The monoisotopic (exact) mass is 510 g/mol. The van der Waals surface area contributed by atoms with Crippen molar-refractivity contribution >= 4 is 5.97 Å². The van der Waals surface area contributed by atoms with E-state index in [0.29, 0.717) is 13.0 Å². The van der Waals surface area contributed by atoms with Crippen LogP contribution in [0.25, 0.3) is 0 Å². The molecule has 0 aromatic carbocycles. The van der Waals surface area contributed by atoms with Crippen molar-refractivity contribution in [2.24, 2.45) is 0 Å². The minimum Gasteiger partial charge on any atom is -0.464 e. The zero-order valence-corrected chi connectivity index (χ0v) is 25.3. The molecule has 0 aliphatic carbocycles. The van der Waals surface area contributed by atoms with Crippen molar-refractivity contribution in [1.82, 2.24) is 4.90 Å². The van der Waals surface area contributed by atoms with Crippen LogP contribution in [0, 0.1) is 0 Å². The molecule has 0 rings (SSSR count). The van der Waals surface area contributed by atoms with E-state index in [9.17, 15) is 4.79 Å². The van der Waals surface area contributed by atoms with E-state index in [1.807, 2.05) is 0 Å². The van der Waals surface area contributed by atoms with Gasteiger partial charge in [-0.3, -0.25) is 9.69 Å². The van der Waals surface area contributed by atoms with Crippen LogP contribution >= 0.6 is 0 Å². The van der Waals surface area contributed by atoms with E-state index < -0.39 is 0 Å². The quantitative estimate of drug-likeness (QED) is 0.0712. The number of carbonyl (C=O) groups excluding carboxylic acids is 1. The Morgan fingerprint density at radius 1 is 0.444 bits per heavy atom. The van der Waals surface area contributed by atoms with Crippen LogP contribution in [0.5, 0.6) is 0 Å². The maximum atomic E-state index is 12.0. The standard InChI is InChI=1S/C33H67NO2/c1-4-7-10-12-14-15-16-17-18-19-20-21-23-25-27-30-34(29-9-6-3)31-32-36-33(35)28-26-24-22-13-11-8-5-2/h4-32H2,1-3H3. The summed E-state index contributed by atoms with van der Waals surface area (Å²) in [6, 6.07) is 0. The molecular formula is C33H67NO2. The molecule has 0 spiro atoms. The van der Waals surface area contributed by atoms with Gasteiger partial charge in [0, 0.05) is 13.0 Å². The van der Waals surface area contributed by atoms with E-state index in [1.54, 1.807) is 0 Å². The highest BCUT2D eigenvalue weighted by Crippen LogP contribution is 2.14. The molecule has 0 atom stereocenters. The molecular weight excluding hydrogens is 442 g/mol. The molecule has 3 nitrogen and oxygen atoms in total. The summed E-state index contributed by atoms with van der Waals surface area (Å²) < 4.78 is 5.55. The first-order valence-electron chi connectivity index (χ1n) is 16.6. The Kier molecular flexibility index (Phi) is 30.2. The topological polar surface area (TPSA) is 29.5 Å². The van der Waals surface area contributed by atoms with Gasteiger partial charge in [-0.05, 0) is 32.4 Å². The van der Waals surface area contributed by atoms with Gasteiger partial charge in [-0.2, -0.15) is 0 Å². The number of hydrogen-bond donors (Lipinski definition) is 0. The van der Waals surface area contributed by atoms with Crippen molar-refractivity contribution in [3.05, 3.63) is 0 Å². The fourth-order valence-electron chi connectivity index (χ4n) is 5.01. The van der Waals surface area contributed by atoms with Gasteiger partial charge < -0.3 is 4.74 Å². The Balaban J connectivity index is 3.60. The molecule has 0 saturated carbocycles. The Hall–Kier alpha value is -0.570. The minimum atomic E-state index is 0.00553. The molecule has 0 aromatic rings. The van der Waals surface area contributed by atoms with Gasteiger partial charge in [0.25, 0.3) is 0 Å². The zero-order chi connectivity index (χ0) is 26.4. The first kappa shape index (κ1) is 35.4. The van der Waals surface area contributed by atoms with Gasteiger partial charge in [0.2, 0.25) is 0 Å². The first-order valence-corrected chi connectivity index (χ1v) is 16.6. The average Bonchev–Trinajstić information content (AvgIpc) is 2.88. The zero-order valence-electron chi connectivity index (χ0n) is 25.3. The molecule has 0 amide bonds. The fraction of sp³-hybridized carbons (Fsp3) is 0.970. The number of carbonyl (C=O) groups is 1. The highest BCUT2D eigenvalue weighted by atomic mass is 16.5. The van der Waals surface area contributed by atoms with Crippen LogP contribution in [0.4, 0.5) is 0 Å². The normalized spacial score (nSPS) is 11.4. The van der Waals surface area contributed by atoms with Crippen LogP contribution in [0.1, 0.15) is 181 Å². The van der Waals surface area contributed by atoms with Gasteiger partial charge in [-0.25, -0.2) is 0 Å². The average molecular weight is 510 g/mol. The predicted octanol–water partition coefficient (Wildman–Crippen LogP) is 10.6. The van der Waals surface area contributed by atoms with Crippen LogP contribution in [-0.4, -0.2) is 37.1 Å². The van der Waals surface area contributed by atoms with Crippen LogP contribution < -0.4 is 0 Å². The van der Waals surface area contributed by atoms with Gasteiger partial charge in [0.05, 0.1) is 0 Å². The van der Waals surface area contributed by atoms with E-state index in [-0.39, 0.29) is 5.97 Å². The Morgan fingerprint density at radius 2 is 0.806 bits per heavy atom. The number of unbranched alkanes of at least 4 members (excludes halogenated alkanes) is 21. The second-order valence-electron chi connectivity index (χ2n) is 11.2. The maximum Gasteiger partial charge on any atom is 0.305 e. The van der Waals surface area contributed by atoms with Crippen LogP contribution in [0.2, 0.25) is 0 Å². The summed E-state index contributed by atoms with van der Waals surface area (Å²) in [6.45, 7) is 10.6. The lowest BCUT2D eigenvalue weighted by atomic mass is 10.0. The second kappa shape index (κ2) is 30.7. The van der Waals surface area contributed by atoms with Gasteiger partial charge >= 0.3 is 5.97 Å². The van der Waals surface area contributed by atoms with Crippen molar-refractivity contribution in [1.29, 1.82) is 0 Å². The third-order valence-electron chi connectivity index (χ3n) is 7.56. The first-order chi connectivity index (χ1) is 17.7. The molecule has 0 bridgehead atoms. The molecule has 36 heavy (non-hydrogen) atoms. The molecule has 0 N–H and O–H groups in total. The SMILES string of the molecule is CCCCCCCCCCCCCCCCCN(CCCC)CCOC(=O)CCCCCCCCC. The molecule has 0 radical (unpaired) electrons. The molecule has 0 aliphatic heterocycles. The van der Waals surface area contributed by atoms with Crippen molar-refractivity contribution in [2.45, 2.75) is 181 Å². The molecule has 3 heteroatoms. The summed E-state index contributed by atoms with van der Waals surface area (Å²) in [5.41, 5.74) is 0. The third-order valence-corrected chi connectivity index (χ3v) is 7.56. The number of hydrogen-bond acceptors (Lipinski definition) is 3. The van der Waals surface area contributed by atoms with Crippen LogP contribution in [0.15, 0.2) is 0 Å². The number of nitrogens with zero attached hydrogens (tertiary/aromatic N) is 1. The Bertz CT molecular complexity index is 426. The van der Waals surface area contributed by atoms with Gasteiger partial charge in [-0.15, -0.1) is 0 Å². The van der Waals surface area contributed by atoms with Crippen molar-refractivity contribution in [2.75, 3.05) is 26.2 Å². The number of ether oxygens (including phenoxy) is 1. The fourth-order valence-corrected chi connectivity index (χ4v) is 5.01. The third kappa shape index (κ3) is 28.0. The Morgan fingerprint density at radius 3 is 1.25 bits per heavy atom. The molecule has 0 fully saturated rings. The molecule has 0 aromatic heterocycles. The van der Waals surface area contributed by atoms with Gasteiger partial charge in [-0.1, -0.05) is 156 Å². The number of esters is 1. The van der Waals surface area contributed by atoms with Crippen molar-refractivity contribution < 1.29 is 9.53 Å². The number of rotatable bonds is 30. The summed E-state index contributed by atoms with van der Waals surface area (Å²) >= 11 is 0. The van der Waals surface area contributed by atoms with E-state index in [0.717, 1.165) is 26.1 Å². The predicted molar refractivity (Wildman–Crippen MR) is 160 cm³/mol. The van der Waals surface area contributed by atoms with Crippen LogP contribution in [0.3, 0.4) is 0 Å². The van der Waals surface area contributed by atoms with E-state index in [4.69, 9.17) is 4.74 Å². The summed E-state index contributed by atoms with van der Waals surface area (Å²) in [4.78, 5) is 14.6. The molecule has 0 unspecified atom stereocenters.